The quantitative estimate of drug-likeness (QED) is 0.407. The number of rotatable bonds is 6. The zero-order chi connectivity index (χ0) is 23.3. The van der Waals surface area contributed by atoms with Crippen molar-refractivity contribution in [3.05, 3.63) is 90.2 Å². The first-order valence-electron chi connectivity index (χ1n) is 11.5. The van der Waals surface area contributed by atoms with Gasteiger partial charge in [0.1, 0.15) is 24.0 Å². The van der Waals surface area contributed by atoms with E-state index in [9.17, 15) is 9.65 Å². The molecule has 1 aromatic heterocycles. The van der Waals surface area contributed by atoms with Crippen molar-refractivity contribution in [3.8, 4) is 22.9 Å². The summed E-state index contributed by atoms with van der Waals surface area (Å²) in [7, 11) is 0. The van der Waals surface area contributed by atoms with Gasteiger partial charge in [0.05, 0.1) is 17.1 Å². The van der Waals surface area contributed by atoms with Crippen LogP contribution >= 0.6 is 0 Å². The van der Waals surface area contributed by atoms with E-state index in [0.717, 1.165) is 60.6 Å². The van der Waals surface area contributed by atoms with Crippen LogP contribution in [0, 0.1) is 17.1 Å². The van der Waals surface area contributed by atoms with Crippen molar-refractivity contribution in [1.82, 2.24) is 9.88 Å². The fraction of sp³-hybridized carbons (Fsp3) is 0.214. The Morgan fingerprint density at radius 3 is 2.50 bits per heavy atom. The summed E-state index contributed by atoms with van der Waals surface area (Å²) in [5.41, 5.74) is 3.63. The van der Waals surface area contributed by atoms with Gasteiger partial charge in [0.25, 0.3) is 0 Å². The Kier molecular flexibility index (Phi) is 6.37. The van der Waals surface area contributed by atoms with Crippen molar-refractivity contribution in [1.29, 1.82) is 5.26 Å². The maximum absolute atomic E-state index is 13.0. The minimum absolute atomic E-state index is 0.256. The minimum Gasteiger partial charge on any atom is -0.492 e. The molecule has 34 heavy (non-hydrogen) atoms. The number of para-hydroxylation sites is 1. The molecule has 170 valence electrons. The molecular formula is C28H25FN4O. The first kappa shape index (κ1) is 21.9. The Bertz CT molecular complexity index is 1320. The predicted octanol–water partition coefficient (Wildman–Crippen LogP) is 5.11. The standard InChI is InChI=1S/C28H25FN4O/c29-24-8-10-25(11-9-24)34-18-17-32-13-15-33(16-14-32)27-12-7-22-4-2-6-26(28(22)31-27)23-5-1-3-21(19-23)20-30/h1-12,19H,13-18H2. The molecule has 0 spiro atoms. The highest BCUT2D eigenvalue weighted by Crippen LogP contribution is 2.30. The number of hydrogen-bond donors (Lipinski definition) is 0. The molecule has 0 saturated carbocycles. The molecule has 0 bridgehead atoms. The highest BCUT2D eigenvalue weighted by molar-refractivity contribution is 5.94. The molecule has 0 N–H and O–H groups in total. The van der Waals surface area contributed by atoms with E-state index < -0.39 is 0 Å². The van der Waals surface area contributed by atoms with Crippen LogP contribution < -0.4 is 9.64 Å². The molecule has 5 nitrogen and oxygen atoms in total. The number of ether oxygens (including phenoxy) is 1. The van der Waals surface area contributed by atoms with Crippen molar-refractivity contribution in [2.75, 3.05) is 44.2 Å². The number of fused-ring (bicyclic) bond motifs is 1. The lowest BCUT2D eigenvalue weighted by Gasteiger charge is -2.35. The Hall–Kier alpha value is -3.95. The number of pyridine rings is 1. The van der Waals surface area contributed by atoms with E-state index in [1.165, 1.54) is 12.1 Å². The van der Waals surface area contributed by atoms with Gasteiger partial charge in [-0.15, -0.1) is 0 Å². The monoisotopic (exact) mass is 452 g/mol. The molecule has 1 saturated heterocycles. The Morgan fingerprint density at radius 2 is 1.71 bits per heavy atom. The summed E-state index contributed by atoms with van der Waals surface area (Å²) in [4.78, 5) is 9.73. The number of halogens is 1. The summed E-state index contributed by atoms with van der Waals surface area (Å²) in [6.07, 6.45) is 0. The summed E-state index contributed by atoms with van der Waals surface area (Å²) in [6.45, 7) is 5.04. The van der Waals surface area contributed by atoms with Crippen LogP contribution in [0.1, 0.15) is 5.56 Å². The largest absolute Gasteiger partial charge is 0.492 e. The second-order valence-corrected chi connectivity index (χ2v) is 8.37. The number of piperazine rings is 1. The summed E-state index contributed by atoms with van der Waals surface area (Å²) in [5, 5.41) is 10.4. The third kappa shape index (κ3) is 4.85. The van der Waals surface area contributed by atoms with Gasteiger partial charge >= 0.3 is 0 Å². The number of hydrogen-bond acceptors (Lipinski definition) is 5. The number of nitrogens with zero attached hydrogens (tertiary/aromatic N) is 4. The van der Waals surface area contributed by atoms with Crippen LogP contribution in [0.4, 0.5) is 10.2 Å². The topological polar surface area (TPSA) is 52.4 Å². The van der Waals surface area contributed by atoms with Crippen LogP contribution in [0.5, 0.6) is 5.75 Å². The second-order valence-electron chi connectivity index (χ2n) is 8.37. The van der Waals surface area contributed by atoms with E-state index >= 15 is 0 Å². The maximum Gasteiger partial charge on any atom is 0.129 e. The first-order valence-corrected chi connectivity index (χ1v) is 11.5. The summed E-state index contributed by atoms with van der Waals surface area (Å²) < 4.78 is 18.8. The average molecular weight is 453 g/mol. The van der Waals surface area contributed by atoms with E-state index in [1.54, 1.807) is 12.1 Å². The zero-order valence-electron chi connectivity index (χ0n) is 18.8. The minimum atomic E-state index is -0.256. The van der Waals surface area contributed by atoms with Crippen LogP contribution in [0.25, 0.3) is 22.0 Å². The lowest BCUT2D eigenvalue weighted by atomic mass is 10.0. The van der Waals surface area contributed by atoms with E-state index in [-0.39, 0.29) is 5.82 Å². The van der Waals surface area contributed by atoms with Crippen LogP contribution in [-0.4, -0.2) is 49.2 Å². The van der Waals surface area contributed by atoms with Crippen molar-refractivity contribution in [2.45, 2.75) is 0 Å². The summed E-state index contributed by atoms with van der Waals surface area (Å²) in [5.74, 6) is 1.41. The Morgan fingerprint density at radius 1 is 0.912 bits per heavy atom. The highest BCUT2D eigenvalue weighted by atomic mass is 19.1. The molecular weight excluding hydrogens is 427 g/mol. The molecule has 0 unspecified atom stereocenters. The molecule has 0 radical (unpaired) electrons. The lowest BCUT2D eigenvalue weighted by molar-refractivity contribution is 0.200. The number of nitriles is 1. The SMILES string of the molecule is N#Cc1cccc(-c2cccc3ccc(N4CCN(CCOc5ccc(F)cc5)CC4)nc23)c1. The summed E-state index contributed by atoms with van der Waals surface area (Å²) in [6, 6.07) is 26.4. The van der Waals surface area contributed by atoms with Crippen molar-refractivity contribution < 1.29 is 9.13 Å². The Labute approximate surface area is 198 Å². The van der Waals surface area contributed by atoms with Gasteiger partial charge in [0.2, 0.25) is 0 Å². The fourth-order valence-corrected chi connectivity index (χ4v) is 4.33. The molecule has 5 rings (SSSR count). The maximum atomic E-state index is 13.0. The zero-order valence-corrected chi connectivity index (χ0v) is 18.8. The van der Waals surface area contributed by atoms with E-state index in [2.05, 4.69) is 40.1 Å². The first-order chi connectivity index (χ1) is 16.7. The van der Waals surface area contributed by atoms with Crippen LogP contribution in [0.2, 0.25) is 0 Å². The molecule has 0 aliphatic carbocycles. The van der Waals surface area contributed by atoms with Crippen molar-refractivity contribution >= 4 is 16.7 Å². The molecule has 3 aromatic carbocycles. The molecule has 0 atom stereocenters. The van der Waals surface area contributed by atoms with Crippen molar-refractivity contribution in [2.24, 2.45) is 0 Å². The number of aromatic nitrogens is 1. The van der Waals surface area contributed by atoms with Gasteiger partial charge in [0, 0.05) is 43.7 Å². The van der Waals surface area contributed by atoms with Crippen LogP contribution in [-0.2, 0) is 0 Å². The average Bonchev–Trinajstić information content (AvgIpc) is 2.89. The van der Waals surface area contributed by atoms with Gasteiger partial charge in [-0.3, -0.25) is 4.90 Å². The molecule has 0 amide bonds. The molecule has 4 aromatic rings. The normalized spacial score (nSPS) is 14.2. The number of benzene rings is 3. The van der Waals surface area contributed by atoms with E-state index in [4.69, 9.17) is 9.72 Å². The molecule has 2 heterocycles. The smallest absolute Gasteiger partial charge is 0.129 e. The highest BCUT2D eigenvalue weighted by Gasteiger charge is 2.19. The Balaban J connectivity index is 1.25. The fourth-order valence-electron chi connectivity index (χ4n) is 4.33. The number of anilines is 1. The lowest BCUT2D eigenvalue weighted by Crippen LogP contribution is -2.47. The molecule has 1 fully saturated rings. The molecule has 6 heteroatoms. The van der Waals surface area contributed by atoms with Gasteiger partial charge in [-0.1, -0.05) is 30.3 Å². The third-order valence-corrected chi connectivity index (χ3v) is 6.19. The van der Waals surface area contributed by atoms with Gasteiger partial charge in [-0.05, 0) is 54.1 Å². The van der Waals surface area contributed by atoms with Gasteiger partial charge < -0.3 is 9.64 Å². The van der Waals surface area contributed by atoms with Gasteiger partial charge in [-0.25, -0.2) is 9.37 Å². The van der Waals surface area contributed by atoms with Gasteiger partial charge in [-0.2, -0.15) is 5.26 Å². The van der Waals surface area contributed by atoms with E-state index in [1.807, 2.05) is 30.3 Å². The van der Waals surface area contributed by atoms with Crippen molar-refractivity contribution in [3.63, 3.8) is 0 Å². The summed E-state index contributed by atoms with van der Waals surface area (Å²) >= 11 is 0. The third-order valence-electron chi connectivity index (χ3n) is 6.19. The predicted molar refractivity (Wildman–Crippen MR) is 132 cm³/mol. The van der Waals surface area contributed by atoms with Crippen LogP contribution in [0.3, 0.4) is 0 Å². The molecule has 1 aliphatic rings. The van der Waals surface area contributed by atoms with Gasteiger partial charge in [0.15, 0.2) is 0 Å². The second kappa shape index (κ2) is 9.90. The molecule has 1 aliphatic heterocycles. The van der Waals surface area contributed by atoms with Crippen LogP contribution in [0.15, 0.2) is 78.9 Å². The van der Waals surface area contributed by atoms with E-state index in [0.29, 0.717) is 17.9 Å².